The Morgan fingerprint density at radius 1 is 1.03 bits per heavy atom. The van der Waals surface area contributed by atoms with E-state index in [4.69, 9.17) is 9.90 Å². The van der Waals surface area contributed by atoms with Crippen LogP contribution < -0.4 is 19.8 Å². The van der Waals surface area contributed by atoms with Crippen LogP contribution in [-0.4, -0.2) is 28.0 Å². The van der Waals surface area contributed by atoms with Crippen molar-refractivity contribution in [1.29, 1.82) is 0 Å². The lowest BCUT2D eigenvalue weighted by Gasteiger charge is -2.06. The van der Waals surface area contributed by atoms with Crippen LogP contribution in [0.5, 0.6) is 0 Å². The number of carboxylic acid groups (broad SMARTS) is 1. The van der Waals surface area contributed by atoms with Gasteiger partial charge < -0.3 is 9.90 Å². The molecule has 0 aliphatic rings. The van der Waals surface area contributed by atoms with Crippen LogP contribution in [-0.2, 0) is 11.0 Å². The molecule has 0 aliphatic heterocycles. The number of carbonyl (C=O) groups excluding carboxylic acids is 2. The van der Waals surface area contributed by atoms with Gasteiger partial charge in [0.25, 0.3) is 18.0 Å². The first-order valence-electron chi connectivity index (χ1n) is 9.49. The lowest BCUT2D eigenvalue weighted by molar-refractivity contribution is -0.498. The summed E-state index contributed by atoms with van der Waals surface area (Å²) in [5, 5.41) is 11.4. The van der Waals surface area contributed by atoms with E-state index in [-0.39, 0.29) is 5.69 Å². The van der Waals surface area contributed by atoms with Crippen molar-refractivity contribution in [2.24, 2.45) is 0 Å². The molecule has 1 amide bonds. The van der Waals surface area contributed by atoms with E-state index in [2.05, 4.69) is 20.3 Å². The molecule has 35 heavy (non-hydrogen) atoms. The first-order valence-corrected chi connectivity index (χ1v) is 9.49. The van der Waals surface area contributed by atoms with Crippen LogP contribution in [0.2, 0.25) is 0 Å². The second-order valence-corrected chi connectivity index (χ2v) is 6.77. The SMILES string of the molecule is O=C(Nc1cc[nH+]cn1)c1[nH]c(-c2cccc(C(F)(F)F)c2)[n+]2ccccc12.O=C([O-])C(F)(F)F. The number of fused-ring (bicyclic) bond motifs is 1. The van der Waals surface area contributed by atoms with E-state index < -0.39 is 29.8 Å². The molecule has 0 aliphatic carbocycles. The van der Waals surface area contributed by atoms with Crippen molar-refractivity contribution in [1.82, 2.24) is 9.97 Å². The number of aromatic nitrogens is 4. The molecule has 3 N–H and O–H groups in total. The number of imidazole rings is 1. The number of hydrogen-bond donors (Lipinski definition) is 2. The molecule has 182 valence electrons. The van der Waals surface area contributed by atoms with E-state index in [0.717, 1.165) is 12.1 Å². The number of carbonyl (C=O) groups is 2. The predicted octanol–water partition coefficient (Wildman–Crippen LogP) is 2.20. The van der Waals surface area contributed by atoms with Crippen molar-refractivity contribution in [3.8, 4) is 11.4 Å². The lowest BCUT2D eigenvalue weighted by atomic mass is 10.1. The van der Waals surface area contributed by atoms with E-state index in [1.165, 1.54) is 12.4 Å². The van der Waals surface area contributed by atoms with Crippen molar-refractivity contribution in [3.05, 3.63) is 78.5 Å². The number of hydrogen-bond acceptors (Lipinski definition) is 4. The zero-order valence-electron chi connectivity index (χ0n) is 17.2. The van der Waals surface area contributed by atoms with E-state index in [9.17, 15) is 31.1 Å². The number of anilines is 1. The van der Waals surface area contributed by atoms with Gasteiger partial charge in [0, 0.05) is 6.07 Å². The number of alkyl halides is 6. The second-order valence-electron chi connectivity index (χ2n) is 6.77. The number of carboxylic acids is 1. The molecule has 1 aromatic carbocycles. The predicted molar refractivity (Wildman–Crippen MR) is 104 cm³/mol. The number of pyridine rings is 1. The highest BCUT2D eigenvalue weighted by Crippen LogP contribution is 2.31. The Morgan fingerprint density at radius 3 is 2.34 bits per heavy atom. The average molecular weight is 498 g/mol. The summed E-state index contributed by atoms with van der Waals surface area (Å²) in [6.07, 6.45) is -4.95. The minimum Gasteiger partial charge on any atom is -0.542 e. The fraction of sp³-hybridized carbons (Fsp3) is 0.0952. The summed E-state index contributed by atoms with van der Waals surface area (Å²) in [5.41, 5.74) is 0.278. The monoisotopic (exact) mass is 498 g/mol. The topological polar surface area (TPSA) is 116 Å². The van der Waals surface area contributed by atoms with Crippen LogP contribution in [0, 0.1) is 0 Å². The summed E-state index contributed by atoms with van der Waals surface area (Å²) in [7, 11) is 0. The molecular weight excluding hydrogens is 484 g/mol. The maximum Gasteiger partial charge on any atom is 0.430 e. The number of nitrogens with one attached hydrogen (secondary N) is 3. The van der Waals surface area contributed by atoms with Crippen molar-refractivity contribution >= 4 is 23.2 Å². The summed E-state index contributed by atoms with van der Waals surface area (Å²) in [6, 6.07) is 11.7. The number of benzene rings is 1. The van der Waals surface area contributed by atoms with Crippen LogP contribution in [0.1, 0.15) is 16.1 Å². The van der Waals surface area contributed by atoms with Gasteiger partial charge >= 0.3 is 18.3 Å². The Balaban J connectivity index is 0.000000429. The molecule has 4 rings (SSSR count). The lowest BCUT2D eigenvalue weighted by Crippen LogP contribution is -2.37. The number of H-pyrrole nitrogens is 2. The largest absolute Gasteiger partial charge is 0.542 e. The van der Waals surface area contributed by atoms with Crippen molar-refractivity contribution in [3.63, 3.8) is 0 Å². The molecule has 3 aromatic heterocycles. The standard InChI is InChI=1S/C19H12F3N5O.C2HF3O2/c20-19(21,22)13-5-3-4-12(10-13)17-26-16(14-6-1-2-9-27(14)17)18(28)25-15-7-8-23-11-24-15;3-2(4,5)1(6)7/h1-11H,(H,23,24,25,28);(H,6,7)/p+1. The first-order chi connectivity index (χ1) is 16.4. The first kappa shape index (κ1) is 25.1. The molecule has 0 saturated carbocycles. The summed E-state index contributed by atoms with van der Waals surface area (Å²) < 4.78 is 72.4. The Kier molecular flexibility index (Phi) is 7.03. The van der Waals surface area contributed by atoms with E-state index in [1.807, 2.05) is 0 Å². The molecule has 0 radical (unpaired) electrons. The maximum absolute atomic E-state index is 13.1. The van der Waals surface area contributed by atoms with Gasteiger partial charge in [-0.3, -0.25) is 15.1 Å². The smallest absolute Gasteiger partial charge is 0.430 e. The molecule has 14 heteroatoms. The highest BCUT2D eigenvalue weighted by atomic mass is 19.4. The third-order valence-corrected chi connectivity index (χ3v) is 4.38. The van der Waals surface area contributed by atoms with E-state index >= 15 is 0 Å². The number of halogens is 6. The normalized spacial score (nSPS) is 11.5. The van der Waals surface area contributed by atoms with Crippen LogP contribution in [0.4, 0.5) is 32.2 Å². The van der Waals surface area contributed by atoms with Crippen molar-refractivity contribution < 1.29 is 50.4 Å². The summed E-state index contributed by atoms with van der Waals surface area (Å²) in [6.45, 7) is 0. The molecule has 0 saturated heterocycles. The minimum absolute atomic E-state index is 0.211. The zero-order valence-corrected chi connectivity index (χ0v) is 17.2. The van der Waals surface area contributed by atoms with E-state index in [0.29, 0.717) is 22.7 Å². The van der Waals surface area contributed by atoms with Gasteiger partial charge in [-0.1, -0.05) is 12.1 Å². The second kappa shape index (κ2) is 9.79. The number of rotatable bonds is 3. The van der Waals surface area contributed by atoms with Gasteiger partial charge in [-0.15, -0.1) is 0 Å². The maximum atomic E-state index is 13.1. The van der Waals surface area contributed by atoms with E-state index in [1.54, 1.807) is 47.1 Å². The number of aromatic amines is 2. The van der Waals surface area contributed by atoms with Crippen molar-refractivity contribution in [2.75, 3.05) is 5.32 Å². The van der Waals surface area contributed by atoms with Crippen LogP contribution in [0.15, 0.2) is 67.3 Å². The van der Waals surface area contributed by atoms with Gasteiger partial charge in [-0.05, 0) is 35.3 Å². The number of aliphatic carboxylic acids is 1. The van der Waals surface area contributed by atoms with Gasteiger partial charge in [0.1, 0.15) is 5.97 Å². The molecule has 4 aromatic rings. The highest BCUT2D eigenvalue weighted by Gasteiger charge is 2.32. The molecule has 8 nitrogen and oxygen atoms in total. The molecule has 0 bridgehead atoms. The van der Waals surface area contributed by atoms with Gasteiger partial charge in [0.05, 0.1) is 23.5 Å². The molecule has 0 spiro atoms. The van der Waals surface area contributed by atoms with Gasteiger partial charge in [-0.25, -0.2) is 4.98 Å². The number of nitrogens with zero attached hydrogens (tertiary/aromatic N) is 2. The molecule has 0 unspecified atom stereocenters. The number of amides is 1. The summed E-state index contributed by atoms with van der Waals surface area (Å²) >= 11 is 0. The average Bonchev–Trinajstić information content (AvgIpc) is 3.19. The fourth-order valence-corrected chi connectivity index (χ4v) is 2.88. The summed E-state index contributed by atoms with van der Waals surface area (Å²) in [5.74, 6) is -2.76. The van der Waals surface area contributed by atoms with Crippen molar-refractivity contribution in [2.45, 2.75) is 12.4 Å². The Bertz CT molecular complexity index is 1350. The Hall–Kier alpha value is -4.49. The van der Waals surface area contributed by atoms with Crippen LogP contribution in [0.25, 0.3) is 16.9 Å². The quantitative estimate of drug-likeness (QED) is 0.333. The van der Waals surface area contributed by atoms with Gasteiger partial charge in [-0.2, -0.15) is 30.7 Å². The Labute approximate surface area is 191 Å². The molecule has 0 atom stereocenters. The van der Waals surface area contributed by atoms with Crippen LogP contribution >= 0.6 is 0 Å². The molecular formula is C21H14F6N5O3+. The zero-order chi connectivity index (χ0) is 25.8. The molecule has 0 fully saturated rings. The highest BCUT2D eigenvalue weighted by molar-refractivity contribution is 6.06. The fourth-order valence-electron chi connectivity index (χ4n) is 2.88. The summed E-state index contributed by atoms with van der Waals surface area (Å²) in [4.78, 5) is 31.2. The minimum atomic E-state index is -5.19. The van der Waals surface area contributed by atoms with Crippen LogP contribution in [0.3, 0.4) is 0 Å². The van der Waals surface area contributed by atoms with Gasteiger partial charge in [0.15, 0.2) is 5.52 Å². The van der Waals surface area contributed by atoms with Gasteiger partial charge in [0.2, 0.25) is 5.69 Å². The Morgan fingerprint density at radius 2 is 1.74 bits per heavy atom. The third kappa shape index (κ3) is 6.10. The molecule has 3 heterocycles. The third-order valence-electron chi connectivity index (χ3n) is 4.38.